The van der Waals surface area contributed by atoms with E-state index < -0.39 is 18.1 Å². The number of amides is 1. The molecule has 0 spiro atoms. The minimum absolute atomic E-state index is 0.165. The molecule has 0 aromatic carbocycles. The maximum atomic E-state index is 11.6. The first-order chi connectivity index (χ1) is 8.50. The van der Waals surface area contributed by atoms with Crippen LogP contribution in [0.25, 0.3) is 0 Å². The molecule has 8 nitrogen and oxygen atoms in total. The van der Waals surface area contributed by atoms with Crippen LogP contribution < -0.4 is 16.8 Å². The van der Waals surface area contributed by atoms with Crippen molar-refractivity contribution in [2.75, 3.05) is 6.54 Å². The van der Waals surface area contributed by atoms with Crippen molar-refractivity contribution in [2.45, 2.75) is 24.9 Å². The molecule has 1 aromatic heterocycles. The van der Waals surface area contributed by atoms with E-state index in [1.807, 2.05) is 0 Å². The average molecular weight is 255 g/mol. The molecule has 7 N–H and O–H groups in total. The Bertz CT molecular complexity index is 392. The van der Waals surface area contributed by atoms with Gasteiger partial charge in [0, 0.05) is 24.9 Å². The van der Waals surface area contributed by atoms with Gasteiger partial charge in [-0.1, -0.05) is 0 Å². The van der Waals surface area contributed by atoms with E-state index in [9.17, 15) is 9.59 Å². The van der Waals surface area contributed by atoms with Crippen molar-refractivity contribution in [1.29, 1.82) is 0 Å². The SMILES string of the molecule is N[C@@H](CCNC(=O)[C@@H](N)Cc1cnc[nH]1)C(=O)O. The molecule has 8 heteroatoms. The van der Waals surface area contributed by atoms with Gasteiger partial charge in [-0.25, -0.2) is 4.98 Å². The Hall–Kier alpha value is -1.93. The molecule has 0 bridgehead atoms. The molecule has 0 unspecified atom stereocenters. The number of carboxylic acid groups (broad SMARTS) is 1. The molecule has 18 heavy (non-hydrogen) atoms. The van der Waals surface area contributed by atoms with Gasteiger partial charge in [-0.2, -0.15) is 0 Å². The molecule has 0 aliphatic carbocycles. The van der Waals surface area contributed by atoms with E-state index in [1.54, 1.807) is 6.20 Å². The molecule has 2 atom stereocenters. The zero-order valence-electron chi connectivity index (χ0n) is 9.80. The number of rotatable bonds is 7. The number of H-pyrrole nitrogens is 1. The Morgan fingerprint density at radius 1 is 1.44 bits per heavy atom. The van der Waals surface area contributed by atoms with Crippen LogP contribution in [0.5, 0.6) is 0 Å². The van der Waals surface area contributed by atoms with E-state index >= 15 is 0 Å². The van der Waals surface area contributed by atoms with E-state index in [2.05, 4.69) is 15.3 Å². The summed E-state index contributed by atoms with van der Waals surface area (Å²) in [7, 11) is 0. The maximum absolute atomic E-state index is 11.6. The zero-order valence-corrected chi connectivity index (χ0v) is 9.80. The van der Waals surface area contributed by atoms with Crippen LogP contribution in [0.4, 0.5) is 0 Å². The highest BCUT2D eigenvalue weighted by atomic mass is 16.4. The minimum Gasteiger partial charge on any atom is -0.480 e. The molecule has 1 amide bonds. The Morgan fingerprint density at radius 2 is 2.17 bits per heavy atom. The summed E-state index contributed by atoms with van der Waals surface area (Å²) in [6.45, 7) is 0.184. The van der Waals surface area contributed by atoms with E-state index in [0.29, 0.717) is 6.42 Å². The van der Waals surface area contributed by atoms with Gasteiger partial charge in [0.1, 0.15) is 6.04 Å². The molecule has 0 aliphatic heterocycles. The van der Waals surface area contributed by atoms with Gasteiger partial charge in [0.25, 0.3) is 0 Å². The highest BCUT2D eigenvalue weighted by Crippen LogP contribution is 1.96. The lowest BCUT2D eigenvalue weighted by Crippen LogP contribution is -2.44. The number of aromatic nitrogens is 2. The molecule has 1 aromatic rings. The first-order valence-electron chi connectivity index (χ1n) is 5.49. The lowest BCUT2D eigenvalue weighted by atomic mass is 10.1. The quantitative estimate of drug-likeness (QED) is 0.388. The number of aromatic amines is 1. The Kier molecular flexibility index (Phi) is 5.28. The second kappa shape index (κ2) is 6.72. The molecule has 0 radical (unpaired) electrons. The van der Waals surface area contributed by atoms with Gasteiger partial charge in [0.05, 0.1) is 12.4 Å². The second-order valence-electron chi connectivity index (χ2n) is 3.91. The van der Waals surface area contributed by atoms with Crippen LogP contribution >= 0.6 is 0 Å². The van der Waals surface area contributed by atoms with Crippen molar-refractivity contribution < 1.29 is 14.7 Å². The number of nitrogens with zero attached hydrogens (tertiary/aromatic N) is 1. The first kappa shape index (κ1) is 14.1. The third kappa shape index (κ3) is 4.52. The number of nitrogens with one attached hydrogen (secondary N) is 2. The smallest absolute Gasteiger partial charge is 0.320 e. The summed E-state index contributed by atoms with van der Waals surface area (Å²) in [6, 6.07) is -1.68. The summed E-state index contributed by atoms with van der Waals surface area (Å²) < 4.78 is 0. The minimum atomic E-state index is -1.09. The monoisotopic (exact) mass is 255 g/mol. The fraction of sp³-hybridized carbons (Fsp3) is 0.500. The summed E-state index contributed by atoms with van der Waals surface area (Å²) in [5.74, 6) is -1.44. The fourth-order valence-corrected chi connectivity index (χ4v) is 1.33. The number of imidazole rings is 1. The summed E-state index contributed by atoms with van der Waals surface area (Å²) in [5, 5.41) is 11.1. The Balaban J connectivity index is 2.26. The van der Waals surface area contributed by atoms with Crippen LogP contribution in [-0.4, -0.2) is 45.6 Å². The van der Waals surface area contributed by atoms with Crippen LogP contribution in [-0.2, 0) is 16.0 Å². The number of aliphatic carboxylic acids is 1. The van der Waals surface area contributed by atoms with E-state index in [1.165, 1.54) is 6.33 Å². The normalized spacial score (nSPS) is 13.9. The van der Waals surface area contributed by atoms with Crippen LogP contribution in [0.3, 0.4) is 0 Å². The van der Waals surface area contributed by atoms with Crippen LogP contribution in [0.2, 0.25) is 0 Å². The molecule has 0 fully saturated rings. The van der Waals surface area contributed by atoms with Gasteiger partial charge >= 0.3 is 5.97 Å². The first-order valence-corrected chi connectivity index (χ1v) is 5.49. The predicted octanol–water partition coefficient (Wildman–Crippen LogP) is -1.80. The number of nitrogens with two attached hydrogens (primary N) is 2. The van der Waals surface area contributed by atoms with Crippen molar-refractivity contribution in [3.8, 4) is 0 Å². The highest BCUT2D eigenvalue weighted by Gasteiger charge is 2.16. The van der Waals surface area contributed by atoms with Gasteiger partial charge in [-0.15, -0.1) is 0 Å². The van der Waals surface area contributed by atoms with Crippen molar-refractivity contribution in [3.05, 3.63) is 18.2 Å². The number of carboxylic acids is 1. The third-order valence-electron chi connectivity index (χ3n) is 2.40. The molecular weight excluding hydrogens is 238 g/mol. The molecule has 1 heterocycles. The van der Waals surface area contributed by atoms with Gasteiger partial charge in [-0.05, 0) is 6.42 Å². The summed E-state index contributed by atoms with van der Waals surface area (Å²) in [6.07, 6.45) is 3.61. The van der Waals surface area contributed by atoms with E-state index in [0.717, 1.165) is 5.69 Å². The van der Waals surface area contributed by atoms with Crippen LogP contribution in [0.15, 0.2) is 12.5 Å². The molecule has 0 saturated carbocycles. The Labute approximate surface area is 104 Å². The van der Waals surface area contributed by atoms with Crippen molar-refractivity contribution in [1.82, 2.24) is 15.3 Å². The number of hydrogen-bond acceptors (Lipinski definition) is 5. The molecule has 100 valence electrons. The van der Waals surface area contributed by atoms with Crippen LogP contribution in [0.1, 0.15) is 12.1 Å². The topological polar surface area (TPSA) is 147 Å². The lowest BCUT2D eigenvalue weighted by molar-refractivity contribution is -0.138. The van der Waals surface area contributed by atoms with Crippen LogP contribution in [0, 0.1) is 0 Å². The van der Waals surface area contributed by atoms with Gasteiger partial charge in [-0.3, -0.25) is 9.59 Å². The summed E-state index contributed by atoms with van der Waals surface area (Å²) in [4.78, 5) is 28.7. The van der Waals surface area contributed by atoms with E-state index in [-0.39, 0.29) is 18.9 Å². The number of carbonyl (C=O) groups is 2. The maximum Gasteiger partial charge on any atom is 0.320 e. The molecule has 0 saturated heterocycles. The summed E-state index contributed by atoms with van der Waals surface area (Å²) in [5.41, 5.74) is 11.7. The van der Waals surface area contributed by atoms with Gasteiger partial charge in [0.15, 0.2) is 0 Å². The number of carbonyl (C=O) groups excluding carboxylic acids is 1. The van der Waals surface area contributed by atoms with Crippen molar-refractivity contribution >= 4 is 11.9 Å². The van der Waals surface area contributed by atoms with Crippen molar-refractivity contribution in [2.24, 2.45) is 11.5 Å². The van der Waals surface area contributed by atoms with Crippen molar-refractivity contribution in [3.63, 3.8) is 0 Å². The van der Waals surface area contributed by atoms with E-state index in [4.69, 9.17) is 16.6 Å². The lowest BCUT2D eigenvalue weighted by Gasteiger charge is -2.12. The largest absolute Gasteiger partial charge is 0.480 e. The fourth-order valence-electron chi connectivity index (χ4n) is 1.33. The molecule has 1 rings (SSSR count). The third-order valence-corrected chi connectivity index (χ3v) is 2.40. The highest BCUT2D eigenvalue weighted by molar-refractivity contribution is 5.81. The zero-order chi connectivity index (χ0) is 13.5. The standard InChI is InChI=1S/C10H17N5O3/c11-7(10(17)18)1-2-14-9(16)8(12)3-6-4-13-5-15-6/h4-5,7-8H,1-3,11-12H2,(H,13,15)(H,14,16)(H,17,18)/t7-,8-/m0/s1. The number of hydrogen-bond donors (Lipinski definition) is 5. The van der Waals surface area contributed by atoms with Gasteiger partial charge < -0.3 is 26.9 Å². The van der Waals surface area contributed by atoms with Gasteiger partial charge in [0.2, 0.25) is 5.91 Å². The second-order valence-corrected chi connectivity index (χ2v) is 3.91. The molecular formula is C10H17N5O3. The molecule has 0 aliphatic rings. The Morgan fingerprint density at radius 3 is 2.72 bits per heavy atom. The average Bonchev–Trinajstić information content (AvgIpc) is 2.81. The predicted molar refractivity (Wildman–Crippen MR) is 63.5 cm³/mol. The summed E-state index contributed by atoms with van der Waals surface area (Å²) >= 11 is 0.